The van der Waals surface area contributed by atoms with Crippen molar-refractivity contribution in [2.45, 2.75) is 26.3 Å². The predicted octanol–water partition coefficient (Wildman–Crippen LogP) is 2.18. The number of thiocarbonyl (C=S) groups is 1. The number of nitrogens with one attached hydrogen (secondary N) is 1. The van der Waals surface area contributed by atoms with Crippen molar-refractivity contribution < 1.29 is 28.2 Å². The van der Waals surface area contributed by atoms with Gasteiger partial charge in [-0.1, -0.05) is 26.1 Å². The van der Waals surface area contributed by atoms with E-state index in [1.165, 1.54) is 30.0 Å². The molecule has 0 bridgehead atoms. The fourth-order valence-corrected chi connectivity index (χ4v) is 1.94. The number of aromatic nitrogens is 2. The molecule has 2 aromatic heterocycles. The lowest BCUT2D eigenvalue weighted by atomic mass is 10.1. The topological polar surface area (TPSA) is 119 Å². The first-order valence-electron chi connectivity index (χ1n) is 7.70. The molecule has 0 saturated carbocycles. The highest BCUT2D eigenvalue weighted by Gasteiger charge is 2.16. The molecule has 0 spiro atoms. The molecule has 0 aliphatic carbocycles. The van der Waals surface area contributed by atoms with E-state index in [0.717, 1.165) is 0 Å². The maximum absolute atomic E-state index is 12.4. The summed E-state index contributed by atoms with van der Waals surface area (Å²) >= 11 is 4.52. The summed E-state index contributed by atoms with van der Waals surface area (Å²) in [7, 11) is 1.23. The number of carbonyl (C=O) groups excluding carboxylic acids is 1. The van der Waals surface area contributed by atoms with E-state index < -0.39 is 29.4 Å². The van der Waals surface area contributed by atoms with Crippen molar-refractivity contribution in [3.63, 3.8) is 0 Å². The molecule has 4 N–H and O–H groups in total. The van der Waals surface area contributed by atoms with E-state index in [-0.39, 0.29) is 17.2 Å². The van der Waals surface area contributed by atoms with E-state index >= 15 is 0 Å². The SMILES string of the molecule is CC(C)[C@H](N)C(=O)O.COC(=O)c1cc(NC(=S)C(F)F)c2nccn2c1. The Balaban J connectivity index is 0.000000387. The second kappa shape index (κ2) is 9.88. The predicted molar refractivity (Wildman–Crippen MR) is 99.2 cm³/mol. The number of hydrogen-bond acceptors (Lipinski definition) is 6. The molecule has 8 nitrogen and oxygen atoms in total. The summed E-state index contributed by atoms with van der Waals surface area (Å²) in [6.07, 6.45) is 1.77. The van der Waals surface area contributed by atoms with Crippen LogP contribution in [0.25, 0.3) is 5.65 Å². The van der Waals surface area contributed by atoms with Crippen LogP contribution >= 0.6 is 12.2 Å². The summed E-state index contributed by atoms with van der Waals surface area (Å²) in [5.41, 5.74) is 5.97. The molecule has 0 aromatic carbocycles. The zero-order valence-corrected chi connectivity index (χ0v) is 15.7. The molecule has 2 aromatic rings. The molecular formula is C16H20F2N4O4S. The van der Waals surface area contributed by atoms with Crippen LogP contribution in [-0.4, -0.2) is 51.0 Å². The van der Waals surface area contributed by atoms with Crippen molar-refractivity contribution in [1.82, 2.24) is 9.38 Å². The summed E-state index contributed by atoms with van der Waals surface area (Å²) in [6, 6.07) is 0.651. The second-order valence-corrected chi connectivity index (χ2v) is 6.13. The molecule has 11 heteroatoms. The molecule has 148 valence electrons. The lowest BCUT2D eigenvalue weighted by Crippen LogP contribution is -2.34. The molecular weight excluding hydrogens is 382 g/mol. The lowest BCUT2D eigenvalue weighted by molar-refractivity contribution is -0.139. The van der Waals surface area contributed by atoms with Crippen molar-refractivity contribution in [2.24, 2.45) is 11.7 Å². The van der Waals surface area contributed by atoms with Gasteiger partial charge in [-0.05, 0) is 12.0 Å². The Hall–Kier alpha value is -2.66. The van der Waals surface area contributed by atoms with Gasteiger partial charge >= 0.3 is 11.9 Å². The fraction of sp³-hybridized carbons (Fsp3) is 0.375. The minimum atomic E-state index is -2.79. The van der Waals surface area contributed by atoms with Gasteiger partial charge in [0.05, 0.1) is 18.4 Å². The molecule has 0 unspecified atom stereocenters. The average molecular weight is 402 g/mol. The largest absolute Gasteiger partial charge is 0.480 e. The van der Waals surface area contributed by atoms with Crippen molar-refractivity contribution >= 4 is 40.5 Å². The van der Waals surface area contributed by atoms with E-state index in [2.05, 4.69) is 27.3 Å². The number of aliphatic carboxylic acids is 1. The number of alkyl halides is 2. The Labute approximate surface area is 159 Å². The monoisotopic (exact) mass is 402 g/mol. The Morgan fingerprint density at radius 3 is 2.48 bits per heavy atom. The number of nitrogens with two attached hydrogens (primary N) is 1. The minimum Gasteiger partial charge on any atom is -0.480 e. The van der Waals surface area contributed by atoms with Gasteiger partial charge in [0.15, 0.2) is 5.65 Å². The molecule has 27 heavy (non-hydrogen) atoms. The highest BCUT2D eigenvalue weighted by atomic mass is 32.1. The normalized spacial score (nSPS) is 11.7. The number of hydrogen-bond donors (Lipinski definition) is 3. The number of nitrogens with zero attached hydrogens (tertiary/aromatic N) is 2. The van der Waals surface area contributed by atoms with Crippen molar-refractivity contribution in [2.75, 3.05) is 12.4 Å². The van der Waals surface area contributed by atoms with Gasteiger partial charge in [0, 0.05) is 18.6 Å². The summed E-state index contributed by atoms with van der Waals surface area (Å²) in [4.78, 5) is 24.9. The van der Waals surface area contributed by atoms with Crippen LogP contribution < -0.4 is 11.1 Å². The first-order chi connectivity index (χ1) is 12.6. The summed E-state index contributed by atoms with van der Waals surface area (Å²) in [6.45, 7) is 3.55. The highest BCUT2D eigenvalue weighted by Crippen LogP contribution is 2.19. The molecule has 0 aliphatic rings. The number of imidazole rings is 1. The van der Waals surface area contributed by atoms with Gasteiger partial charge in [-0.25, -0.2) is 18.6 Å². The Morgan fingerprint density at radius 1 is 1.41 bits per heavy atom. The standard InChI is InChI=1S/C11H9F2N3O2S.C5H11NO2/c1-18-11(17)6-4-7(15-10(19)8(12)13)9-14-2-3-16(9)5-6;1-3(2)4(6)5(7)8/h2-5,8H,1H3,(H,15,19);3-4H,6H2,1-2H3,(H,7,8)/t;4-/m.0/s1. The van der Waals surface area contributed by atoms with Crippen LogP contribution in [0.1, 0.15) is 24.2 Å². The third-order valence-electron chi connectivity index (χ3n) is 3.37. The van der Waals surface area contributed by atoms with Crippen LogP contribution in [0.2, 0.25) is 0 Å². The Kier molecular flexibility index (Phi) is 8.19. The molecule has 2 heterocycles. The number of rotatable bonds is 5. The molecule has 2 rings (SSSR count). The third-order valence-corrected chi connectivity index (χ3v) is 3.65. The van der Waals surface area contributed by atoms with Gasteiger partial charge < -0.3 is 25.3 Å². The Bertz CT molecular complexity index is 826. The fourth-order valence-electron chi connectivity index (χ4n) is 1.83. The van der Waals surface area contributed by atoms with Gasteiger partial charge in [-0.15, -0.1) is 0 Å². The average Bonchev–Trinajstić information content (AvgIpc) is 3.09. The van der Waals surface area contributed by atoms with Crippen LogP contribution in [0.3, 0.4) is 0 Å². The number of carboxylic acids is 1. The maximum Gasteiger partial charge on any atom is 0.339 e. The summed E-state index contributed by atoms with van der Waals surface area (Å²) in [5.74, 6) is -1.49. The number of carbonyl (C=O) groups is 2. The van der Waals surface area contributed by atoms with Gasteiger partial charge in [-0.2, -0.15) is 0 Å². The van der Waals surface area contributed by atoms with Crippen LogP contribution in [0.4, 0.5) is 14.5 Å². The van der Waals surface area contributed by atoms with E-state index in [9.17, 15) is 18.4 Å². The molecule has 0 fully saturated rings. The first kappa shape index (κ1) is 22.4. The quantitative estimate of drug-likeness (QED) is 0.514. The van der Waals surface area contributed by atoms with Gasteiger partial charge in [-0.3, -0.25) is 4.79 Å². The van der Waals surface area contributed by atoms with Gasteiger partial charge in [0.25, 0.3) is 6.43 Å². The summed E-state index contributed by atoms with van der Waals surface area (Å²) in [5, 5.41) is 10.6. The smallest absolute Gasteiger partial charge is 0.339 e. The number of pyridine rings is 1. The zero-order chi connectivity index (χ0) is 20.7. The number of esters is 1. The maximum atomic E-state index is 12.4. The van der Waals surface area contributed by atoms with Gasteiger partial charge in [0.2, 0.25) is 0 Å². The number of carboxylic acid groups (broad SMARTS) is 1. The third kappa shape index (κ3) is 6.22. The first-order valence-corrected chi connectivity index (χ1v) is 8.11. The zero-order valence-electron chi connectivity index (χ0n) is 14.8. The van der Waals surface area contributed by atoms with Crippen LogP contribution in [0.5, 0.6) is 0 Å². The highest BCUT2D eigenvalue weighted by molar-refractivity contribution is 7.80. The molecule has 0 radical (unpaired) electrons. The number of methoxy groups -OCH3 is 1. The summed E-state index contributed by atoms with van der Waals surface area (Å²) < 4.78 is 31.0. The number of anilines is 1. The van der Waals surface area contributed by atoms with Crippen molar-refractivity contribution in [3.8, 4) is 0 Å². The van der Waals surface area contributed by atoms with Crippen LogP contribution in [-0.2, 0) is 9.53 Å². The molecule has 1 atom stereocenters. The van der Waals surface area contributed by atoms with Gasteiger partial charge in [0.1, 0.15) is 11.0 Å². The number of fused-ring (bicyclic) bond motifs is 1. The van der Waals surface area contributed by atoms with Crippen LogP contribution in [0.15, 0.2) is 24.7 Å². The number of halogens is 2. The van der Waals surface area contributed by atoms with Crippen molar-refractivity contribution in [3.05, 3.63) is 30.2 Å². The molecule has 0 amide bonds. The molecule has 0 saturated heterocycles. The van der Waals surface area contributed by atoms with E-state index in [0.29, 0.717) is 5.65 Å². The van der Waals surface area contributed by atoms with Crippen molar-refractivity contribution in [1.29, 1.82) is 0 Å². The number of ether oxygens (including phenoxy) is 1. The molecule has 0 aliphatic heterocycles. The minimum absolute atomic E-state index is 0.0208. The van der Waals surface area contributed by atoms with E-state index in [1.807, 2.05) is 0 Å². The second-order valence-electron chi connectivity index (χ2n) is 5.69. The Morgan fingerprint density at radius 2 is 2.04 bits per heavy atom. The van der Waals surface area contributed by atoms with Crippen LogP contribution in [0, 0.1) is 5.92 Å². The van der Waals surface area contributed by atoms with E-state index in [4.69, 9.17) is 10.8 Å². The lowest BCUT2D eigenvalue weighted by Gasteiger charge is -2.10. The van der Waals surface area contributed by atoms with E-state index in [1.54, 1.807) is 20.0 Å².